The smallest absolute Gasteiger partial charge is 0.354 e. The Morgan fingerprint density at radius 2 is 1.94 bits per heavy atom. The van der Waals surface area contributed by atoms with Crippen molar-refractivity contribution in [3.05, 3.63) is 82.4 Å². The van der Waals surface area contributed by atoms with E-state index in [9.17, 15) is 4.79 Å². The van der Waals surface area contributed by atoms with E-state index in [1.165, 1.54) is 10.8 Å². The standard InChI is InChI=1S/C24H26N8O2/c25-23(26)28-11-1-10-27-13-16-4-8-20(9-5-16)32-15-19-12-21(30-22(19)31-24(32)33)18-6-2-17(3-7-18)14-29-34/h2-9,12,14-15,27,34H,1,10-11,13H2,(H4,25,26,28)(H,30,31,33)/b29-14+. The lowest BCUT2D eigenvalue weighted by Gasteiger charge is -2.08. The summed E-state index contributed by atoms with van der Waals surface area (Å²) < 4.78 is 1.53. The summed E-state index contributed by atoms with van der Waals surface area (Å²) in [7, 11) is 0. The van der Waals surface area contributed by atoms with Crippen LogP contribution < -0.4 is 22.1 Å². The van der Waals surface area contributed by atoms with Crippen LogP contribution in [0.5, 0.6) is 0 Å². The van der Waals surface area contributed by atoms with Gasteiger partial charge in [-0.05, 0) is 47.9 Å². The van der Waals surface area contributed by atoms with Gasteiger partial charge in [0.2, 0.25) is 0 Å². The molecule has 0 spiro atoms. The lowest BCUT2D eigenvalue weighted by molar-refractivity contribution is 0.322. The highest BCUT2D eigenvalue weighted by Crippen LogP contribution is 2.23. The van der Waals surface area contributed by atoms with E-state index in [0.29, 0.717) is 18.7 Å². The van der Waals surface area contributed by atoms with Crippen LogP contribution >= 0.6 is 0 Å². The number of fused-ring (bicyclic) bond motifs is 1. The summed E-state index contributed by atoms with van der Waals surface area (Å²) in [6.07, 6.45) is 4.00. The van der Waals surface area contributed by atoms with Crippen LogP contribution in [0.3, 0.4) is 0 Å². The first-order chi connectivity index (χ1) is 16.5. The van der Waals surface area contributed by atoms with Crippen molar-refractivity contribution in [2.75, 3.05) is 13.1 Å². The van der Waals surface area contributed by atoms with Gasteiger partial charge in [-0.3, -0.25) is 9.98 Å². The molecule has 34 heavy (non-hydrogen) atoms. The van der Waals surface area contributed by atoms with Gasteiger partial charge in [-0.2, -0.15) is 4.98 Å². The van der Waals surface area contributed by atoms with E-state index in [4.69, 9.17) is 16.4 Å². The molecule has 0 unspecified atom stereocenters. The number of oxime groups is 1. The number of H-pyrrole nitrogens is 1. The Labute approximate surface area is 195 Å². The number of aromatic amines is 1. The molecule has 4 rings (SSSR count). The highest BCUT2D eigenvalue weighted by molar-refractivity contribution is 5.84. The maximum atomic E-state index is 12.7. The van der Waals surface area contributed by atoms with Crippen molar-refractivity contribution in [2.24, 2.45) is 10.9 Å². The largest absolute Gasteiger partial charge is 0.411 e. The highest BCUT2D eigenvalue weighted by Gasteiger charge is 2.09. The first-order valence-electron chi connectivity index (χ1n) is 10.8. The van der Waals surface area contributed by atoms with Gasteiger partial charge in [0.15, 0.2) is 5.96 Å². The van der Waals surface area contributed by atoms with Gasteiger partial charge >= 0.3 is 5.69 Å². The lowest BCUT2D eigenvalue weighted by atomic mass is 10.1. The average Bonchev–Trinajstić information content (AvgIpc) is 3.24. The third kappa shape index (κ3) is 5.48. The molecule has 174 valence electrons. The fraction of sp³-hybridized carbons (Fsp3) is 0.167. The molecular weight excluding hydrogens is 432 g/mol. The van der Waals surface area contributed by atoms with Gasteiger partial charge < -0.3 is 26.6 Å². The summed E-state index contributed by atoms with van der Waals surface area (Å²) >= 11 is 0. The summed E-state index contributed by atoms with van der Waals surface area (Å²) in [5.74, 6) is -0.0160. The fourth-order valence-electron chi connectivity index (χ4n) is 3.59. The molecule has 0 saturated heterocycles. The quantitative estimate of drug-likeness (QED) is 0.0742. The van der Waals surface area contributed by atoms with Crippen molar-refractivity contribution >= 4 is 23.2 Å². The maximum Gasteiger partial charge on any atom is 0.354 e. The number of aromatic nitrogens is 3. The highest BCUT2D eigenvalue weighted by atomic mass is 16.4. The number of nitrogens with two attached hydrogens (primary N) is 1. The van der Waals surface area contributed by atoms with E-state index in [2.05, 4.69) is 25.8 Å². The zero-order chi connectivity index (χ0) is 23.9. The molecule has 0 aliphatic carbocycles. The minimum absolute atomic E-state index is 0.0160. The molecular formula is C24H26N8O2. The summed E-state index contributed by atoms with van der Waals surface area (Å²) in [4.78, 5) is 20.1. The Balaban J connectivity index is 1.46. The molecule has 7 N–H and O–H groups in total. The number of rotatable bonds is 9. The van der Waals surface area contributed by atoms with Crippen LogP contribution in [-0.2, 0) is 6.54 Å². The minimum Gasteiger partial charge on any atom is -0.411 e. The van der Waals surface area contributed by atoms with Crippen LogP contribution in [-0.4, -0.2) is 45.0 Å². The summed E-state index contributed by atoms with van der Waals surface area (Å²) in [5.41, 5.74) is 9.81. The molecule has 0 fully saturated rings. The SMILES string of the molecule is N=C(N)NCCCNCc1ccc(-n2cc3cc(-c4ccc(/C=N/O)cc4)[nH]c3nc2=O)cc1. The Kier molecular flexibility index (Phi) is 6.99. The average molecular weight is 459 g/mol. The summed E-state index contributed by atoms with van der Waals surface area (Å²) in [6, 6.07) is 17.2. The zero-order valence-corrected chi connectivity index (χ0v) is 18.5. The molecule has 0 saturated carbocycles. The Bertz CT molecular complexity index is 1350. The summed E-state index contributed by atoms with van der Waals surface area (Å²) in [6.45, 7) is 2.16. The maximum absolute atomic E-state index is 12.7. The second kappa shape index (κ2) is 10.5. The van der Waals surface area contributed by atoms with Crippen molar-refractivity contribution < 1.29 is 5.21 Å². The van der Waals surface area contributed by atoms with E-state index in [1.54, 1.807) is 6.20 Å². The number of hydrogen-bond acceptors (Lipinski definition) is 6. The number of hydrogen-bond donors (Lipinski definition) is 6. The molecule has 0 amide bonds. The second-order valence-corrected chi connectivity index (χ2v) is 7.78. The normalized spacial score (nSPS) is 11.3. The molecule has 4 aromatic rings. The van der Waals surface area contributed by atoms with Gasteiger partial charge in [-0.25, -0.2) is 4.79 Å². The molecule has 2 aromatic carbocycles. The molecule has 2 aromatic heterocycles. The predicted molar refractivity (Wildman–Crippen MR) is 133 cm³/mol. The minimum atomic E-state index is -0.362. The van der Waals surface area contributed by atoms with E-state index in [1.807, 2.05) is 54.6 Å². The van der Waals surface area contributed by atoms with Crippen LogP contribution in [0, 0.1) is 5.41 Å². The van der Waals surface area contributed by atoms with Crippen LogP contribution in [0.15, 0.2) is 70.7 Å². The van der Waals surface area contributed by atoms with Crippen LogP contribution in [0.2, 0.25) is 0 Å². The van der Waals surface area contributed by atoms with Crippen molar-refractivity contribution in [2.45, 2.75) is 13.0 Å². The lowest BCUT2D eigenvalue weighted by Crippen LogP contribution is -2.32. The fourth-order valence-corrected chi connectivity index (χ4v) is 3.59. The van der Waals surface area contributed by atoms with Gasteiger partial charge in [-0.1, -0.05) is 41.6 Å². The predicted octanol–water partition coefficient (Wildman–Crippen LogP) is 2.15. The van der Waals surface area contributed by atoms with Crippen molar-refractivity contribution in [3.8, 4) is 16.9 Å². The number of nitrogens with zero attached hydrogens (tertiary/aromatic N) is 3. The van der Waals surface area contributed by atoms with Crippen LogP contribution in [0.25, 0.3) is 28.0 Å². The number of benzene rings is 2. The second-order valence-electron chi connectivity index (χ2n) is 7.78. The number of nitrogens with one attached hydrogen (secondary N) is 4. The van der Waals surface area contributed by atoms with E-state index in [-0.39, 0.29) is 11.6 Å². The molecule has 0 atom stereocenters. The van der Waals surface area contributed by atoms with Gasteiger partial charge in [0, 0.05) is 30.4 Å². The zero-order valence-electron chi connectivity index (χ0n) is 18.5. The van der Waals surface area contributed by atoms with E-state index < -0.39 is 0 Å². The molecule has 0 radical (unpaired) electrons. The Morgan fingerprint density at radius 1 is 1.18 bits per heavy atom. The van der Waals surface area contributed by atoms with Gasteiger partial charge in [-0.15, -0.1) is 0 Å². The van der Waals surface area contributed by atoms with Crippen molar-refractivity contribution in [1.29, 1.82) is 5.41 Å². The van der Waals surface area contributed by atoms with Crippen molar-refractivity contribution in [3.63, 3.8) is 0 Å². The van der Waals surface area contributed by atoms with E-state index >= 15 is 0 Å². The van der Waals surface area contributed by atoms with Crippen LogP contribution in [0.1, 0.15) is 17.5 Å². The molecule has 0 bridgehead atoms. The molecule has 10 nitrogen and oxygen atoms in total. The van der Waals surface area contributed by atoms with Crippen LogP contribution in [0.4, 0.5) is 0 Å². The Hall–Kier alpha value is -4.44. The first kappa shape index (κ1) is 22.7. The third-order valence-electron chi connectivity index (χ3n) is 5.33. The van der Waals surface area contributed by atoms with E-state index in [0.717, 1.165) is 46.4 Å². The van der Waals surface area contributed by atoms with Gasteiger partial charge in [0.1, 0.15) is 5.65 Å². The Morgan fingerprint density at radius 3 is 2.65 bits per heavy atom. The topological polar surface area (TPSA) is 157 Å². The molecule has 0 aliphatic heterocycles. The first-order valence-corrected chi connectivity index (χ1v) is 10.8. The van der Waals surface area contributed by atoms with Gasteiger partial charge in [0.25, 0.3) is 0 Å². The molecule has 10 heteroatoms. The van der Waals surface area contributed by atoms with Crippen molar-refractivity contribution in [1.82, 2.24) is 25.2 Å². The van der Waals surface area contributed by atoms with Gasteiger partial charge in [0.05, 0.1) is 11.9 Å². The number of guanidine groups is 1. The third-order valence-corrected chi connectivity index (χ3v) is 5.33. The summed E-state index contributed by atoms with van der Waals surface area (Å²) in [5, 5.41) is 25.7. The molecule has 0 aliphatic rings. The molecule has 2 heterocycles. The monoisotopic (exact) mass is 458 g/mol.